The van der Waals surface area contributed by atoms with Crippen LogP contribution in [0, 0.1) is 0 Å². The Bertz CT molecular complexity index is 941. The van der Waals surface area contributed by atoms with Crippen LogP contribution in [0.25, 0.3) is 5.69 Å². The van der Waals surface area contributed by atoms with Crippen LogP contribution in [0.2, 0.25) is 0 Å². The number of benzene rings is 1. The highest BCUT2D eigenvalue weighted by molar-refractivity contribution is 5.92. The van der Waals surface area contributed by atoms with Gasteiger partial charge in [-0.05, 0) is 30.3 Å². The standard InChI is InChI=1S/C18H17F3N6O/c19-18(20,21)13-1-3-14(4-2-13)27-8-5-15(24-27)16(28)25-9-11-26(12-10-25)17-22-6-7-23-17/h1-8H,9-12H2,(H,22,23). The first kappa shape index (κ1) is 18.1. The van der Waals surface area contributed by atoms with Gasteiger partial charge in [0.25, 0.3) is 5.91 Å². The lowest BCUT2D eigenvalue weighted by atomic mass is 10.2. The number of hydrogen-bond acceptors (Lipinski definition) is 4. The zero-order valence-corrected chi connectivity index (χ0v) is 14.7. The largest absolute Gasteiger partial charge is 0.416 e. The number of piperazine rings is 1. The highest BCUT2D eigenvalue weighted by Crippen LogP contribution is 2.29. The van der Waals surface area contributed by atoms with Crippen molar-refractivity contribution < 1.29 is 18.0 Å². The number of imidazole rings is 1. The van der Waals surface area contributed by atoms with Crippen molar-refractivity contribution >= 4 is 11.9 Å². The van der Waals surface area contributed by atoms with E-state index in [9.17, 15) is 18.0 Å². The molecule has 7 nitrogen and oxygen atoms in total. The lowest BCUT2D eigenvalue weighted by Crippen LogP contribution is -2.49. The molecule has 1 aliphatic heterocycles. The summed E-state index contributed by atoms with van der Waals surface area (Å²) in [4.78, 5) is 23.7. The molecule has 1 saturated heterocycles. The van der Waals surface area contributed by atoms with E-state index in [4.69, 9.17) is 0 Å². The molecule has 3 aromatic rings. The van der Waals surface area contributed by atoms with Crippen LogP contribution in [0.1, 0.15) is 16.1 Å². The van der Waals surface area contributed by atoms with Crippen molar-refractivity contribution in [2.75, 3.05) is 31.1 Å². The molecule has 0 atom stereocenters. The topological polar surface area (TPSA) is 70.1 Å². The van der Waals surface area contributed by atoms with Gasteiger partial charge >= 0.3 is 6.18 Å². The summed E-state index contributed by atoms with van der Waals surface area (Å²) in [7, 11) is 0. The van der Waals surface area contributed by atoms with Gasteiger partial charge in [-0.25, -0.2) is 9.67 Å². The number of aromatic nitrogens is 4. The fourth-order valence-electron chi connectivity index (χ4n) is 3.10. The van der Waals surface area contributed by atoms with Gasteiger partial charge in [0.1, 0.15) is 0 Å². The molecule has 0 radical (unpaired) electrons. The summed E-state index contributed by atoms with van der Waals surface area (Å²) in [5, 5.41) is 4.23. The zero-order chi connectivity index (χ0) is 19.7. The molecular formula is C18H17F3N6O. The molecule has 3 heterocycles. The fraction of sp³-hybridized carbons (Fsp3) is 0.278. The zero-order valence-electron chi connectivity index (χ0n) is 14.7. The number of H-pyrrole nitrogens is 1. The molecule has 0 unspecified atom stereocenters. The number of hydrogen-bond donors (Lipinski definition) is 1. The molecule has 1 fully saturated rings. The van der Waals surface area contributed by atoms with Crippen LogP contribution >= 0.6 is 0 Å². The van der Waals surface area contributed by atoms with Crippen molar-refractivity contribution in [3.8, 4) is 5.69 Å². The van der Waals surface area contributed by atoms with Gasteiger partial charge in [-0.3, -0.25) is 4.79 Å². The molecular weight excluding hydrogens is 373 g/mol. The first-order valence-electron chi connectivity index (χ1n) is 8.69. The van der Waals surface area contributed by atoms with Gasteiger partial charge < -0.3 is 14.8 Å². The number of nitrogens with zero attached hydrogens (tertiary/aromatic N) is 5. The number of alkyl halides is 3. The summed E-state index contributed by atoms with van der Waals surface area (Å²) in [6.07, 6.45) is 0.609. The highest BCUT2D eigenvalue weighted by Gasteiger charge is 2.30. The van der Waals surface area contributed by atoms with E-state index in [0.29, 0.717) is 31.9 Å². The van der Waals surface area contributed by atoms with Gasteiger partial charge in [0.15, 0.2) is 5.69 Å². The van der Waals surface area contributed by atoms with Crippen molar-refractivity contribution in [3.63, 3.8) is 0 Å². The molecule has 1 aromatic carbocycles. The van der Waals surface area contributed by atoms with Gasteiger partial charge in [0, 0.05) is 44.8 Å². The van der Waals surface area contributed by atoms with Crippen molar-refractivity contribution in [2.45, 2.75) is 6.18 Å². The fourth-order valence-corrected chi connectivity index (χ4v) is 3.10. The third kappa shape index (κ3) is 3.57. The minimum Gasteiger partial charge on any atom is -0.339 e. The maximum atomic E-state index is 12.7. The molecule has 1 amide bonds. The van der Waals surface area contributed by atoms with Crippen LogP contribution in [-0.4, -0.2) is 56.7 Å². The number of rotatable bonds is 3. The Balaban J connectivity index is 1.42. The molecule has 10 heteroatoms. The molecule has 0 saturated carbocycles. The Labute approximate surface area is 158 Å². The van der Waals surface area contributed by atoms with E-state index in [1.165, 1.54) is 16.8 Å². The van der Waals surface area contributed by atoms with Gasteiger partial charge in [-0.15, -0.1) is 0 Å². The number of anilines is 1. The second kappa shape index (κ2) is 7.02. The monoisotopic (exact) mass is 390 g/mol. The van der Waals surface area contributed by atoms with Crippen molar-refractivity contribution in [3.05, 3.63) is 60.2 Å². The maximum Gasteiger partial charge on any atom is 0.416 e. The Morgan fingerprint density at radius 2 is 1.75 bits per heavy atom. The first-order chi connectivity index (χ1) is 13.4. The smallest absolute Gasteiger partial charge is 0.339 e. The lowest BCUT2D eigenvalue weighted by molar-refractivity contribution is -0.137. The van der Waals surface area contributed by atoms with E-state index in [-0.39, 0.29) is 11.6 Å². The number of aromatic amines is 1. The van der Waals surface area contributed by atoms with E-state index in [0.717, 1.165) is 18.1 Å². The average Bonchev–Trinajstić information content (AvgIpc) is 3.39. The average molecular weight is 390 g/mol. The van der Waals surface area contributed by atoms with Crippen LogP contribution in [-0.2, 0) is 6.18 Å². The van der Waals surface area contributed by atoms with E-state index >= 15 is 0 Å². The second-order valence-corrected chi connectivity index (χ2v) is 6.38. The second-order valence-electron chi connectivity index (χ2n) is 6.38. The van der Waals surface area contributed by atoms with E-state index in [1.807, 2.05) is 0 Å². The summed E-state index contributed by atoms with van der Waals surface area (Å²) in [6.45, 7) is 2.37. The molecule has 1 N–H and O–H groups in total. The third-order valence-electron chi connectivity index (χ3n) is 4.62. The summed E-state index contributed by atoms with van der Waals surface area (Å²) in [6, 6.07) is 6.20. The van der Waals surface area contributed by atoms with Gasteiger partial charge in [-0.1, -0.05) is 0 Å². The van der Waals surface area contributed by atoms with E-state index in [2.05, 4.69) is 20.0 Å². The normalized spacial score (nSPS) is 15.1. The van der Waals surface area contributed by atoms with Crippen LogP contribution in [0.15, 0.2) is 48.9 Å². The van der Waals surface area contributed by atoms with Crippen LogP contribution in [0.3, 0.4) is 0 Å². The number of carbonyl (C=O) groups excluding carboxylic acids is 1. The van der Waals surface area contributed by atoms with Crippen molar-refractivity contribution in [2.24, 2.45) is 0 Å². The van der Waals surface area contributed by atoms with Crippen molar-refractivity contribution in [1.82, 2.24) is 24.6 Å². The molecule has 4 rings (SSSR count). The van der Waals surface area contributed by atoms with Gasteiger partial charge in [0.2, 0.25) is 5.95 Å². The Kier molecular flexibility index (Phi) is 4.54. The molecule has 146 valence electrons. The van der Waals surface area contributed by atoms with Crippen LogP contribution < -0.4 is 4.90 Å². The Morgan fingerprint density at radius 1 is 1.04 bits per heavy atom. The lowest BCUT2D eigenvalue weighted by Gasteiger charge is -2.34. The minimum absolute atomic E-state index is 0.204. The molecule has 28 heavy (non-hydrogen) atoms. The Hall–Kier alpha value is -3.30. The third-order valence-corrected chi connectivity index (χ3v) is 4.62. The number of halogens is 3. The summed E-state index contributed by atoms with van der Waals surface area (Å²) < 4.78 is 39.4. The quantitative estimate of drug-likeness (QED) is 0.746. The summed E-state index contributed by atoms with van der Waals surface area (Å²) in [5.41, 5.74) is -0.0184. The van der Waals surface area contributed by atoms with Crippen LogP contribution in [0.5, 0.6) is 0 Å². The molecule has 0 spiro atoms. The number of carbonyl (C=O) groups is 1. The number of amides is 1. The molecule has 0 aliphatic carbocycles. The SMILES string of the molecule is O=C(c1ccn(-c2ccc(C(F)(F)F)cc2)n1)N1CCN(c2ncc[nH]2)CC1. The highest BCUT2D eigenvalue weighted by atomic mass is 19.4. The minimum atomic E-state index is -4.39. The van der Waals surface area contributed by atoms with Gasteiger partial charge in [0.05, 0.1) is 11.3 Å². The molecule has 2 aromatic heterocycles. The summed E-state index contributed by atoms with van der Waals surface area (Å²) >= 11 is 0. The van der Waals surface area contributed by atoms with Crippen LogP contribution in [0.4, 0.5) is 19.1 Å². The van der Waals surface area contributed by atoms with Gasteiger partial charge in [-0.2, -0.15) is 18.3 Å². The molecule has 1 aliphatic rings. The maximum absolute atomic E-state index is 12.7. The predicted molar refractivity (Wildman–Crippen MR) is 95.3 cm³/mol. The summed E-state index contributed by atoms with van der Waals surface area (Å²) in [5.74, 6) is 0.573. The first-order valence-corrected chi connectivity index (χ1v) is 8.69. The number of nitrogens with one attached hydrogen (secondary N) is 1. The van der Waals surface area contributed by atoms with Crippen molar-refractivity contribution in [1.29, 1.82) is 0 Å². The predicted octanol–water partition coefficient (Wildman–Crippen LogP) is 2.58. The van der Waals surface area contributed by atoms with E-state index < -0.39 is 11.7 Å². The van der Waals surface area contributed by atoms with E-state index in [1.54, 1.807) is 29.6 Å². The molecule has 0 bridgehead atoms. The Morgan fingerprint density at radius 3 is 2.36 bits per heavy atom.